The standard InChI is InChI=1S/C30H35N3O4S/c1-3-5-6-7-8-9-14-27-31-28(37-32-27)23-17-15-22(16-18-23)19-33(29(34)30(35)36-4-2)20-24-21-38-26-13-11-10-12-25(24)26/h10-13,15-18,21H,3-9,14,19-20H2,1-2H3. The summed E-state index contributed by atoms with van der Waals surface area (Å²) in [6.07, 6.45) is 8.13. The summed E-state index contributed by atoms with van der Waals surface area (Å²) in [6.45, 7) is 4.65. The molecular weight excluding hydrogens is 498 g/mol. The number of ether oxygens (including phenoxy) is 1. The number of aryl methyl sites for hydroxylation is 1. The number of fused-ring (bicyclic) bond motifs is 1. The number of carbonyl (C=O) groups excluding carboxylic acids is 2. The van der Waals surface area contributed by atoms with Crippen molar-refractivity contribution in [3.63, 3.8) is 0 Å². The highest BCUT2D eigenvalue weighted by atomic mass is 32.1. The lowest BCUT2D eigenvalue weighted by atomic mass is 10.1. The number of unbranched alkanes of at least 4 members (excludes halogenated alkanes) is 5. The van der Waals surface area contributed by atoms with Crippen LogP contribution in [0.5, 0.6) is 0 Å². The minimum atomic E-state index is -0.840. The van der Waals surface area contributed by atoms with E-state index in [9.17, 15) is 9.59 Å². The van der Waals surface area contributed by atoms with Gasteiger partial charge in [-0.05, 0) is 53.4 Å². The normalized spacial score (nSPS) is 11.1. The second-order valence-electron chi connectivity index (χ2n) is 9.37. The van der Waals surface area contributed by atoms with Crippen LogP contribution in [-0.2, 0) is 33.8 Å². The molecule has 0 saturated heterocycles. The molecule has 0 fully saturated rings. The summed E-state index contributed by atoms with van der Waals surface area (Å²) in [5.41, 5.74) is 2.71. The highest BCUT2D eigenvalue weighted by Gasteiger charge is 2.24. The molecule has 2 heterocycles. The van der Waals surface area contributed by atoms with Crippen LogP contribution in [0.3, 0.4) is 0 Å². The third-order valence-electron chi connectivity index (χ3n) is 6.46. The van der Waals surface area contributed by atoms with Gasteiger partial charge in [0.05, 0.1) is 6.61 Å². The first kappa shape index (κ1) is 27.5. The van der Waals surface area contributed by atoms with E-state index in [0.717, 1.165) is 45.4 Å². The van der Waals surface area contributed by atoms with Crippen molar-refractivity contribution < 1.29 is 18.8 Å². The van der Waals surface area contributed by atoms with Crippen molar-refractivity contribution in [2.24, 2.45) is 0 Å². The van der Waals surface area contributed by atoms with Crippen molar-refractivity contribution in [1.82, 2.24) is 15.0 Å². The molecule has 7 nitrogen and oxygen atoms in total. The number of esters is 1. The van der Waals surface area contributed by atoms with Crippen molar-refractivity contribution in [3.05, 3.63) is 70.9 Å². The minimum absolute atomic E-state index is 0.152. The first-order chi connectivity index (χ1) is 18.6. The van der Waals surface area contributed by atoms with Gasteiger partial charge in [-0.15, -0.1) is 11.3 Å². The lowest BCUT2D eigenvalue weighted by molar-refractivity contribution is -0.160. The first-order valence-corrected chi connectivity index (χ1v) is 14.3. The van der Waals surface area contributed by atoms with E-state index in [-0.39, 0.29) is 13.2 Å². The maximum absolute atomic E-state index is 13.0. The van der Waals surface area contributed by atoms with Gasteiger partial charge in [0.25, 0.3) is 5.89 Å². The molecule has 0 N–H and O–H groups in total. The van der Waals surface area contributed by atoms with Crippen molar-refractivity contribution in [2.75, 3.05) is 6.61 Å². The minimum Gasteiger partial charge on any atom is -0.459 e. The van der Waals surface area contributed by atoms with Crippen LogP contribution in [0.2, 0.25) is 0 Å². The van der Waals surface area contributed by atoms with Crippen LogP contribution in [0.1, 0.15) is 69.3 Å². The van der Waals surface area contributed by atoms with E-state index in [0.29, 0.717) is 12.4 Å². The average molecular weight is 534 g/mol. The number of hydrogen-bond acceptors (Lipinski definition) is 7. The molecule has 8 heteroatoms. The lowest BCUT2D eigenvalue weighted by Crippen LogP contribution is -2.36. The van der Waals surface area contributed by atoms with Crippen LogP contribution < -0.4 is 0 Å². The van der Waals surface area contributed by atoms with Crippen LogP contribution in [0, 0.1) is 0 Å². The third kappa shape index (κ3) is 7.28. The summed E-state index contributed by atoms with van der Waals surface area (Å²) in [5.74, 6) is -0.273. The molecule has 0 aliphatic heterocycles. The molecule has 1 amide bonds. The molecule has 4 aromatic rings. The fourth-order valence-corrected chi connectivity index (χ4v) is 5.35. The van der Waals surface area contributed by atoms with Gasteiger partial charge in [0.2, 0.25) is 0 Å². The number of hydrogen-bond donors (Lipinski definition) is 0. The van der Waals surface area contributed by atoms with Crippen molar-refractivity contribution in [1.29, 1.82) is 0 Å². The summed E-state index contributed by atoms with van der Waals surface area (Å²) in [5, 5.41) is 7.26. The third-order valence-corrected chi connectivity index (χ3v) is 7.47. The Bertz CT molecular complexity index is 1330. The smallest absolute Gasteiger partial charge is 0.397 e. The molecular formula is C30H35N3O4S. The molecule has 38 heavy (non-hydrogen) atoms. The average Bonchev–Trinajstić information content (AvgIpc) is 3.58. The van der Waals surface area contributed by atoms with Gasteiger partial charge in [-0.2, -0.15) is 4.98 Å². The van der Waals surface area contributed by atoms with E-state index >= 15 is 0 Å². The first-order valence-electron chi connectivity index (χ1n) is 13.4. The summed E-state index contributed by atoms with van der Waals surface area (Å²) in [4.78, 5) is 31.4. The zero-order valence-electron chi connectivity index (χ0n) is 22.2. The van der Waals surface area contributed by atoms with E-state index in [2.05, 4.69) is 23.1 Å². The lowest BCUT2D eigenvalue weighted by Gasteiger charge is -2.22. The van der Waals surface area contributed by atoms with Gasteiger partial charge in [-0.25, -0.2) is 4.79 Å². The SMILES string of the molecule is CCCCCCCCc1noc(-c2ccc(CN(Cc3csc4ccccc34)C(=O)C(=O)OCC)cc2)n1. The number of benzene rings is 2. The van der Waals surface area contributed by atoms with E-state index in [1.165, 1.54) is 37.0 Å². The summed E-state index contributed by atoms with van der Waals surface area (Å²) < 4.78 is 11.6. The second-order valence-corrected chi connectivity index (χ2v) is 10.3. The Morgan fingerprint density at radius 3 is 2.50 bits per heavy atom. The molecule has 0 aliphatic carbocycles. The van der Waals surface area contributed by atoms with Gasteiger partial charge in [0, 0.05) is 29.8 Å². The molecule has 0 bridgehead atoms. The Kier molecular flexibility index (Phi) is 10.0. The van der Waals surface area contributed by atoms with E-state index in [1.54, 1.807) is 18.3 Å². The zero-order valence-corrected chi connectivity index (χ0v) is 23.0. The number of carbonyl (C=O) groups is 2. The maximum Gasteiger partial charge on any atom is 0.397 e. The molecule has 0 saturated carbocycles. The van der Waals surface area contributed by atoms with Crippen LogP contribution in [0.15, 0.2) is 58.4 Å². The highest BCUT2D eigenvalue weighted by molar-refractivity contribution is 7.17. The molecule has 0 aliphatic rings. The fraction of sp³-hybridized carbons (Fsp3) is 0.400. The molecule has 4 rings (SSSR count). The molecule has 0 unspecified atom stereocenters. The fourth-order valence-electron chi connectivity index (χ4n) is 4.39. The van der Waals surface area contributed by atoms with E-state index < -0.39 is 11.9 Å². The second kappa shape index (κ2) is 13.9. The Morgan fingerprint density at radius 2 is 1.71 bits per heavy atom. The molecule has 0 radical (unpaired) electrons. The summed E-state index contributed by atoms with van der Waals surface area (Å²) in [6, 6.07) is 15.7. The summed E-state index contributed by atoms with van der Waals surface area (Å²) >= 11 is 1.63. The van der Waals surface area contributed by atoms with Gasteiger partial charge in [0.1, 0.15) is 0 Å². The molecule has 2 aromatic heterocycles. The van der Waals surface area contributed by atoms with E-state index in [1.807, 2.05) is 47.8 Å². The summed E-state index contributed by atoms with van der Waals surface area (Å²) in [7, 11) is 0. The highest BCUT2D eigenvalue weighted by Crippen LogP contribution is 2.27. The van der Waals surface area contributed by atoms with E-state index in [4.69, 9.17) is 9.26 Å². The molecule has 0 spiro atoms. The monoisotopic (exact) mass is 533 g/mol. The Balaban J connectivity index is 1.42. The van der Waals surface area contributed by atoms with Crippen LogP contribution >= 0.6 is 11.3 Å². The van der Waals surface area contributed by atoms with Gasteiger partial charge in [0.15, 0.2) is 5.82 Å². The topological polar surface area (TPSA) is 85.5 Å². The number of nitrogens with zero attached hydrogens (tertiary/aromatic N) is 3. The molecule has 2 aromatic carbocycles. The van der Waals surface area contributed by atoms with Crippen molar-refractivity contribution in [2.45, 2.75) is 71.9 Å². The maximum atomic E-state index is 13.0. The molecule has 0 atom stereocenters. The number of amides is 1. The zero-order chi connectivity index (χ0) is 26.7. The predicted octanol–water partition coefficient (Wildman–Crippen LogP) is 6.95. The largest absolute Gasteiger partial charge is 0.459 e. The predicted molar refractivity (Wildman–Crippen MR) is 150 cm³/mol. The quantitative estimate of drug-likeness (QED) is 0.105. The van der Waals surface area contributed by atoms with Crippen LogP contribution in [0.25, 0.3) is 21.5 Å². The Hall–Kier alpha value is -3.52. The number of aromatic nitrogens is 2. The van der Waals surface area contributed by atoms with Crippen LogP contribution in [0.4, 0.5) is 0 Å². The van der Waals surface area contributed by atoms with Gasteiger partial charge >= 0.3 is 11.9 Å². The van der Waals surface area contributed by atoms with Crippen LogP contribution in [-0.4, -0.2) is 33.5 Å². The Labute approximate surface area is 227 Å². The van der Waals surface area contributed by atoms with Gasteiger partial charge in [-0.3, -0.25) is 4.79 Å². The number of thiophene rings is 1. The Morgan fingerprint density at radius 1 is 0.947 bits per heavy atom. The van der Waals surface area contributed by atoms with Gasteiger partial charge in [-0.1, -0.05) is 74.5 Å². The van der Waals surface area contributed by atoms with Crippen molar-refractivity contribution in [3.8, 4) is 11.5 Å². The molecule has 200 valence electrons. The van der Waals surface area contributed by atoms with Gasteiger partial charge < -0.3 is 14.2 Å². The van der Waals surface area contributed by atoms with Crippen molar-refractivity contribution >= 4 is 33.3 Å². The number of rotatable bonds is 13.